The quantitative estimate of drug-likeness (QED) is 0.823. The molecule has 0 atom stereocenters. The van der Waals surface area contributed by atoms with Gasteiger partial charge in [0.1, 0.15) is 5.76 Å². The minimum Gasteiger partial charge on any atom is -0.468 e. The minimum absolute atomic E-state index is 0.0476. The molecule has 2 aromatic rings. The van der Waals surface area contributed by atoms with E-state index < -0.39 is 10.0 Å². The summed E-state index contributed by atoms with van der Waals surface area (Å²) >= 11 is 0. The molecule has 0 saturated carbocycles. The topological polar surface area (TPSA) is 62.6 Å². The first kappa shape index (κ1) is 18.2. The number of piperidine rings is 1. The maximum atomic E-state index is 12.3. The van der Waals surface area contributed by atoms with Crippen LogP contribution in [0.5, 0.6) is 0 Å². The molecule has 1 saturated heterocycles. The van der Waals surface area contributed by atoms with Crippen LogP contribution in [0.15, 0.2) is 47.1 Å². The fourth-order valence-corrected chi connectivity index (χ4v) is 4.50. The summed E-state index contributed by atoms with van der Waals surface area (Å²) in [5.74, 6) is 1.43. The maximum absolute atomic E-state index is 12.3. The largest absolute Gasteiger partial charge is 0.468 e. The molecule has 136 valence electrons. The molecule has 0 aliphatic carbocycles. The van der Waals surface area contributed by atoms with E-state index in [0.717, 1.165) is 49.4 Å². The van der Waals surface area contributed by atoms with Gasteiger partial charge in [0, 0.05) is 6.54 Å². The average molecular weight is 362 g/mol. The molecular formula is C19H26N2O3S. The van der Waals surface area contributed by atoms with Crippen molar-refractivity contribution in [3.8, 4) is 0 Å². The first-order valence-corrected chi connectivity index (χ1v) is 10.4. The number of nitrogens with zero attached hydrogens (tertiary/aromatic N) is 1. The van der Waals surface area contributed by atoms with Gasteiger partial charge in [-0.3, -0.25) is 4.90 Å². The normalized spacial score (nSPS) is 17.0. The van der Waals surface area contributed by atoms with Crippen LogP contribution >= 0.6 is 0 Å². The van der Waals surface area contributed by atoms with Crippen LogP contribution in [0.2, 0.25) is 0 Å². The summed E-state index contributed by atoms with van der Waals surface area (Å²) in [5.41, 5.74) is 1.91. The molecule has 1 fully saturated rings. The van der Waals surface area contributed by atoms with Crippen LogP contribution in [-0.4, -0.2) is 33.0 Å². The summed E-state index contributed by atoms with van der Waals surface area (Å²) in [4.78, 5) is 2.36. The Morgan fingerprint density at radius 2 is 2.00 bits per heavy atom. The van der Waals surface area contributed by atoms with Gasteiger partial charge in [-0.05, 0) is 56.5 Å². The lowest BCUT2D eigenvalue weighted by molar-refractivity contribution is 0.168. The predicted octanol–water partition coefficient (Wildman–Crippen LogP) is 2.92. The van der Waals surface area contributed by atoms with Crippen LogP contribution in [0.4, 0.5) is 0 Å². The van der Waals surface area contributed by atoms with Crippen LogP contribution in [0.1, 0.15) is 29.7 Å². The molecular weight excluding hydrogens is 336 g/mol. The number of benzene rings is 1. The van der Waals surface area contributed by atoms with Crippen LogP contribution < -0.4 is 4.72 Å². The lowest BCUT2D eigenvalue weighted by atomic mass is 9.97. The van der Waals surface area contributed by atoms with Crippen molar-refractivity contribution in [3.05, 3.63) is 59.5 Å². The monoisotopic (exact) mass is 362 g/mol. The summed E-state index contributed by atoms with van der Waals surface area (Å²) in [6.45, 7) is 5.29. The highest BCUT2D eigenvalue weighted by Crippen LogP contribution is 2.19. The van der Waals surface area contributed by atoms with Crippen molar-refractivity contribution >= 4 is 10.0 Å². The van der Waals surface area contributed by atoms with Gasteiger partial charge >= 0.3 is 0 Å². The van der Waals surface area contributed by atoms with Gasteiger partial charge in [-0.15, -0.1) is 0 Å². The van der Waals surface area contributed by atoms with Crippen molar-refractivity contribution in [1.82, 2.24) is 9.62 Å². The second-order valence-electron chi connectivity index (χ2n) is 6.90. The van der Waals surface area contributed by atoms with Gasteiger partial charge in [0.15, 0.2) is 0 Å². The second-order valence-corrected chi connectivity index (χ2v) is 8.70. The molecule has 0 amide bonds. The van der Waals surface area contributed by atoms with Crippen molar-refractivity contribution in [2.75, 3.05) is 19.6 Å². The number of likely N-dealkylation sites (tertiary alicyclic amines) is 1. The Morgan fingerprint density at radius 3 is 2.68 bits per heavy atom. The van der Waals surface area contributed by atoms with E-state index in [1.807, 2.05) is 43.3 Å². The van der Waals surface area contributed by atoms with E-state index in [9.17, 15) is 8.42 Å². The summed E-state index contributed by atoms with van der Waals surface area (Å²) in [6, 6.07) is 11.6. The molecule has 0 unspecified atom stereocenters. The van der Waals surface area contributed by atoms with E-state index >= 15 is 0 Å². The Balaban J connectivity index is 1.43. The lowest BCUT2D eigenvalue weighted by Gasteiger charge is -2.31. The number of hydrogen-bond acceptors (Lipinski definition) is 4. The van der Waals surface area contributed by atoms with E-state index in [4.69, 9.17) is 4.42 Å². The van der Waals surface area contributed by atoms with Gasteiger partial charge in [0.2, 0.25) is 10.0 Å². The van der Waals surface area contributed by atoms with Gasteiger partial charge in [-0.2, -0.15) is 0 Å². The zero-order chi connectivity index (χ0) is 17.7. The molecule has 1 aromatic carbocycles. The molecule has 0 radical (unpaired) electrons. The molecule has 1 aliphatic heterocycles. The Kier molecular flexibility index (Phi) is 5.93. The zero-order valence-corrected chi connectivity index (χ0v) is 15.5. The van der Waals surface area contributed by atoms with Crippen LogP contribution in [0, 0.1) is 12.8 Å². The Morgan fingerprint density at radius 1 is 1.20 bits per heavy atom. The Labute approximate surface area is 150 Å². The highest BCUT2D eigenvalue weighted by atomic mass is 32.2. The van der Waals surface area contributed by atoms with E-state index in [1.165, 1.54) is 0 Å². The van der Waals surface area contributed by atoms with Gasteiger partial charge in [0.05, 0.1) is 18.6 Å². The average Bonchev–Trinajstić information content (AvgIpc) is 3.07. The fourth-order valence-electron chi connectivity index (χ4n) is 3.29. The SMILES string of the molecule is Cc1cccc(CS(=O)(=O)NCC2CCN(Cc3ccco3)CC2)c1. The Hall–Kier alpha value is -1.63. The van der Waals surface area contributed by atoms with E-state index in [-0.39, 0.29) is 5.75 Å². The van der Waals surface area contributed by atoms with E-state index in [2.05, 4.69) is 9.62 Å². The van der Waals surface area contributed by atoms with Crippen molar-refractivity contribution in [1.29, 1.82) is 0 Å². The third-order valence-electron chi connectivity index (χ3n) is 4.70. The highest BCUT2D eigenvalue weighted by Gasteiger charge is 2.21. The fraction of sp³-hybridized carbons (Fsp3) is 0.474. The zero-order valence-electron chi connectivity index (χ0n) is 14.6. The standard InChI is InChI=1S/C19H26N2O3S/c1-16-4-2-5-18(12-16)15-25(22,23)20-13-17-7-9-21(10-8-17)14-19-6-3-11-24-19/h2-6,11-12,17,20H,7-10,13-15H2,1H3. The molecule has 3 rings (SSSR count). The summed E-state index contributed by atoms with van der Waals surface area (Å²) in [7, 11) is -3.28. The van der Waals surface area contributed by atoms with Crippen LogP contribution in [-0.2, 0) is 22.3 Å². The van der Waals surface area contributed by atoms with Gasteiger partial charge in [0.25, 0.3) is 0 Å². The van der Waals surface area contributed by atoms with E-state index in [0.29, 0.717) is 12.5 Å². The maximum Gasteiger partial charge on any atom is 0.215 e. The second kappa shape index (κ2) is 8.17. The Bertz CT molecular complexity index is 764. The van der Waals surface area contributed by atoms with Gasteiger partial charge < -0.3 is 4.42 Å². The van der Waals surface area contributed by atoms with Crippen molar-refractivity contribution in [3.63, 3.8) is 0 Å². The number of hydrogen-bond donors (Lipinski definition) is 1. The molecule has 0 spiro atoms. The van der Waals surface area contributed by atoms with Gasteiger partial charge in [-0.25, -0.2) is 13.1 Å². The van der Waals surface area contributed by atoms with Crippen LogP contribution in [0.25, 0.3) is 0 Å². The van der Waals surface area contributed by atoms with Crippen LogP contribution in [0.3, 0.4) is 0 Å². The minimum atomic E-state index is -3.28. The molecule has 1 aliphatic rings. The summed E-state index contributed by atoms with van der Waals surface area (Å²) in [5, 5.41) is 0. The number of furan rings is 1. The van der Waals surface area contributed by atoms with Crippen molar-refractivity contribution in [2.45, 2.75) is 32.1 Å². The number of nitrogens with one attached hydrogen (secondary N) is 1. The number of rotatable bonds is 7. The molecule has 2 heterocycles. The molecule has 25 heavy (non-hydrogen) atoms. The van der Waals surface area contributed by atoms with Gasteiger partial charge in [-0.1, -0.05) is 29.8 Å². The first-order chi connectivity index (χ1) is 12.0. The van der Waals surface area contributed by atoms with Crippen molar-refractivity contribution in [2.24, 2.45) is 5.92 Å². The third-order valence-corrected chi connectivity index (χ3v) is 6.02. The molecule has 0 bridgehead atoms. The molecule has 6 heteroatoms. The first-order valence-electron chi connectivity index (χ1n) is 8.78. The molecule has 1 N–H and O–H groups in total. The highest BCUT2D eigenvalue weighted by molar-refractivity contribution is 7.88. The summed E-state index contributed by atoms with van der Waals surface area (Å²) in [6.07, 6.45) is 3.71. The van der Waals surface area contributed by atoms with E-state index in [1.54, 1.807) is 6.26 Å². The molecule has 1 aromatic heterocycles. The number of aryl methyl sites for hydroxylation is 1. The third kappa shape index (κ3) is 5.70. The smallest absolute Gasteiger partial charge is 0.215 e. The summed E-state index contributed by atoms with van der Waals surface area (Å²) < 4.78 is 32.8. The lowest BCUT2D eigenvalue weighted by Crippen LogP contribution is -2.38. The van der Waals surface area contributed by atoms with Crippen molar-refractivity contribution < 1.29 is 12.8 Å². The number of sulfonamides is 1. The predicted molar refractivity (Wildman–Crippen MR) is 98.5 cm³/mol. The molecule has 5 nitrogen and oxygen atoms in total.